The van der Waals surface area contributed by atoms with E-state index < -0.39 is 0 Å². The lowest BCUT2D eigenvalue weighted by atomic mass is 10.0. The van der Waals surface area contributed by atoms with E-state index in [1.54, 1.807) is 12.4 Å². The van der Waals surface area contributed by atoms with Gasteiger partial charge in [-0.3, -0.25) is 9.97 Å². The Balaban J connectivity index is 1.92. The predicted molar refractivity (Wildman–Crippen MR) is 102 cm³/mol. The van der Waals surface area contributed by atoms with E-state index in [4.69, 9.17) is 4.98 Å². The highest BCUT2D eigenvalue weighted by molar-refractivity contribution is 9.10. The van der Waals surface area contributed by atoms with Crippen molar-refractivity contribution in [3.05, 3.63) is 84.0 Å². The molecule has 25 heavy (non-hydrogen) atoms. The van der Waals surface area contributed by atoms with E-state index in [1.807, 2.05) is 67.0 Å². The van der Waals surface area contributed by atoms with Crippen LogP contribution in [0.4, 0.5) is 0 Å². The fourth-order valence-corrected chi connectivity index (χ4v) is 2.92. The number of halogens is 1. The fourth-order valence-electron chi connectivity index (χ4n) is 2.57. The third-order valence-corrected chi connectivity index (χ3v) is 4.19. The molecule has 0 bridgehead atoms. The van der Waals surface area contributed by atoms with Crippen molar-refractivity contribution in [2.24, 2.45) is 0 Å². The third kappa shape index (κ3) is 3.46. The van der Waals surface area contributed by atoms with E-state index in [0.717, 1.165) is 38.4 Å². The lowest BCUT2D eigenvalue weighted by Crippen LogP contribution is -1.93. The van der Waals surface area contributed by atoms with E-state index in [1.165, 1.54) is 0 Å². The molecule has 120 valence electrons. The van der Waals surface area contributed by atoms with E-state index in [9.17, 15) is 0 Å². The van der Waals surface area contributed by atoms with E-state index in [-0.39, 0.29) is 0 Å². The van der Waals surface area contributed by atoms with Gasteiger partial charge >= 0.3 is 0 Å². The van der Waals surface area contributed by atoms with Crippen LogP contribution in [0.25, 0.3) is 33.8 Å². The van der Waals surface area contributed by atoms with Crippen molar-refractivity contribution < 1.29 is 0 Å². The van der Waals surface area contributed by atoms with E-state index >= 15 is 0 Å². The lowest BCUT2D eigenvalue weighted by molar-refractivity contribution is 1.24. The molecule has 0 unspecified atom stereocenters. The van der Waals surface area contributed by atoms with Gasteiger partial charge in [0.1, 0.15) is 4.60 Å². The second-order valence-electron chi connectivity index (χ2n) is 5.46. The van der Waals surface area contributed by atoms with E-state index in [0.29, 0.717) is 0 Å². The minimum absolute atomic E-state index is 0.799. The lowest BCUT2D eigenvalue weighted by Gasteiger charge is -2.09. The van der Waals surface area contributed by atoms with Crippen molar-refractivity contribution in [2.75, 3.05) is 0 Å². The average molecular weight is 389 g/mol. The van der Waals surface area contributed by atoms with E-state index in [2.05, 4.69) is 30.9 Å². The van der Waals surface area contributed by atoms with Crippen molar-refractivity contribution >= 4 is 15.9 Å². The van der Waals surface area contributed by atoms with Gasteiger partial charge < -0.3 is 0 Å². The molecule has 0 fully saturated rings. The Kier molecular flexibility index (Phi) is 4.31. The molecular weight excluding hydrogens is 376 g/mol. The van der Waals surface area contributed by atoms with Crippen LogP contribution in [-0.4, -0.2) is 19.9 Å². The number of nitrogens with zero attached hydrogens (tertiary/aromatic N) is 4. The Bertz CT molecular complexity index is 947. The monoisotopic (exact) mass is 388 g/mol. The first-order valence-electron chi connectivity index (χ1n) is 7.75. The first kappa shape index (κ1) is 15.6. The van der Waals surface area contributed by atoms with Gasteiger partial charge in [-0.1, -0.05) is 6.07 Å². The molecule has 0 aliphatic carbocycles. The molecule has 0 N–H and O–H groups in total. The molecular formula is C20H13BrN4. The van der Waals surface area contributed by atoms with Crippen LogP contribution in [0.5, 0.6) is 0 Å². The van der Waals surface area contributed by atoms with Crippen LogP contribution in [0, 0.1) is 0 Å². The van der Waals surface area contributed by atoms with Gasteiger partial charge in [0, 0.05) is 41.5 Å². The number of hydrogen-bond acceptors (Lipinski definition) is 4. The molecule has 0 aromatic carbocycles. The van der Waals surface area contributed by atoms with Crippen LogP contribution in [0.15, 0.2) is 84.0 Å². The standard InChI is InChI=1S/C20H13BrN4/c21-20-7-1-6-17(25-20)16-10-18(14-4-2-8-22-12-14)24-19(11-16)15-5-3-9-23-13-15/h1-13H. The maximum Gasteiger partial charge on any atom is 0.106 e. The molecule has 0 atom stereocenters. The smallest absolute Gasteiger partial charge is 0.106 e. The van der Waals surface area contributed by atoms with Crippen molar-refractivity contribution in [2.45, 2.75) is 0 Å². The highest BCUT2D eigenvalue weighted by atomic mass is 79.9. The summed E-state index contributed by atoms with van der Waals surface area (Å²) in [5, 5.41) is 0. The molecule has 0 spiro atoms. The highest BCUT2D eigenvalue weighted by Gasteiger charge is 2.10. The van der Waals surface area contributed by atoms with Crippen LogP contribution in [-0.2, 0) is 0 Å². The molecule has 4 heterocycles. The first-order valence-corrected chi connectivity index (χ1v) is 8.55. The van der Waals surface area contributed by atoms with Crippen LogP contribution in [0.1, 0.15) is 0 Å². The molecule has 0 saturated heterocycles. The SMILES string of the molecule is Brc1cccc(-c2cc(-c3cccnc3)nc(-c3cccnc3)c2)n1. The van der Waals surface area contributed by atoms with Crippen LogP contribution >= 0.6 is 15.9 Å². The van der Waals surface area contributed by atoms with Crippen molar-refractivity contribution in [1.82, 2.24) is 19.9 Å². The Morgan fingerprint density at radius 1 is 0.600 bits per heavy atom. The number of pyridine rings is 4. The van der Waals surface area contributed by atoms with Crippen LogP contribution < -0.4 is 0 Å². The maximum atomic E-state index is 4.80. The van der Waals surface area contributed by atoms with Gasteiger partial charge in [-0.25, -0.2) is 9.97 Å². The quantitative estimate of drug-likeness (QED) is 0.461. The summed E-state index contributed by atoms with van der Waals surface area (Å²) in [4.78, 5) is 17.8. The zero-order chi connectivity index (χ0) is 17.1. The summed E-state index contributed by atoms with van der Waals surface area (Å²) in [5.41, 5.74) is 5.51. The largest absolute Gasteiger partial charge is 0.264 e. The second kappa shape index (κ2) is 6.91. The van der Waals surface area contributed by atoms with Crippen molar-refractivity contribution in [3.8, 4) is 33.8 Å². The van der Waals surface area contributed by atoms with Gasteiger partial charge in [-0.15, -0.1) is 0 Å². The molecule has 4 aromatic rings. The minimum atomic E-state index is 0.799. The van der Waals surface area contributed by atoms with Gasteiger partial charge in [0.2, 0.25) is 0 Å². The Hall–Kier alpha value is -2.92. The molecule has 4 nitrogen and oxygen atoms in total. The van der Waals surface area contributed by atoms with Gasteiger partial charge in [0.05, 0.1) is 17.1 Å². The third-order valence-electron chi connectivity index (χ3n) is 3.75. The van der Waals surface area contributed by atoms with Gasteiger partial charge in [0.25, 0.3) is 0 Å². The normalized spacial score (nSPS) is 10.6. The maximum absolute atomic E-state index is 4.80. The Labute approximate surface area is 153 Å². The summed E-state index contributed by atoms with van der Waals surface area (Å²) in [7, 11) is 0. The zero-order valence-electron chi connectivity index (χ0n) is 13.2. The molecule has 0 radical (unpaired) electrons. The summed E-state index contributed by atoms with van der Waals surface area (Å²) in [5.74, 6) is 0. The number of aromatic nitrogens is 4. The molecule has 0 aliphatic heterocycles. The second-order valence-corrected chi connectivity index (χ2v) is 6.27. The summed E-state index contributed by atoms with van der Waals surface area (Å²) in [6.07, 6.45) is 7.14. The Morgan fingerprint density at radius 3 is 1.76 bits per heavy atom. The van der Waals surface area contributed by atoms with Crippen molar-refractivity contribution in [3.63, 3.8) is 0 Å². The highest BCUT2D eigenvalue weighted by Crippen LogP contribution is 2.29. The summed E-state index contributed by atoms with van der Waals surface area (Å²) in [6, 6.07) is 17.8. The van der Waals surface area contributed by atoms with Gasteiger partial charge in [-0.2, -0.15) is 0 Å². The number of hydrogen-bond donors (Lipinski definition) is 0. The van der Waals surface area contributed by atoms with Gasteiger partial charge in [0.15, 0.2) is 0 Å². The predicted octanol–water partition coefficient (Wildman–Crippen LogP) is 5.03. The number of rotatable bonds is 3. The summed E-state index contributed by atoms with van der Waals surface area (Å²) < 4.78 is 0.799. The molecule has 0 aliphatic rings. The summed E-state index contributed by atoms with van der Waals surface area (Å²) >= 11 is 3.44. The topological polar surface area (TPSA) is 51.6 Å². The molecule has 5 heteroatoms. The average Bonchev–Trinajstić information content (AvgIpc) is 2.69. The zero-order valence-corrected chi connectivity index (χ0v) is 14.8. The fraction of sp³-hybridized carbons (Fsp3) is 0. The van der Waals surface area contributed by atoms with Gasteiger partial charge in [-0.05, 0) is 64.5 Å². The molecule has 4 rings (SSSR count). The minimum Gasteiger partial charge on any atom is -0.264 e. The van der Waals surface area contributed by atoms with Crippen molar-refractivity contribution in [1.29, 1.82) is 0 Å². The molecule has 4 aromatic heterocycles. The van der Waals surface area contributed by atoms with Crippen LogP contribution in [0.3, 0.4) is 0 Å². The Morgan fingerprint density at radius 2 is 1.24 bits per heavy atom. The molecule has 0 amide bonds. The molecule has 0 saturated carbocycles. The first-order chi connectivity index (χ1) is 12.3. The van der Waals surface area contributed by atoms with Crippen LogP contribution in [0.2, 0.25) is 0 Å². The summed E-state index contributed by atoms with van der Waals surface area (Å²) in [6.45, 7) is 0.